The van der Waals surface area contributed by atoms with Gasteiger partial charge < -0.3 is 24.3 Å². The van der Waals surface area contributed by atoms with Crippen molar-refractivity contribution in [3.63, 3.8) is 0 Å². The van der Waals surface area contributed by atoms with Crippen LogP contribution in [0.15, 0.2) is 60.7 Å². The van der Waals surface area contributed by atoms with Crippen LogP contribution in [-0.2, 0) is 9.59 Å². The van der Waals surface area contributed by atoms with Crippen LogP contribution < -0.4 is 24.3 Å². The number of nitrogens with zero attached hydrogens (tertiary/aromatic N) is 1. The van der Waals surface area contributed by atoms with Crippen molar-refractivity contribution in [1.29, 1.82) is 5.26 Å². The van der Waals surface area contributed by atoms with E-state index < -0.39 is 11.9 Å². The number of amides is 1. The summed E-state index contributed by atoms with van der Waals surface area (Å²) in [6.07, 6.45) is 5.77. The first-order valence-electron chi connectivity index (χ1n) is 9.76. The van der Waals surface area contributed by atoms with E-state index in [1.165, 1.54) is 45.6 Å². The second-order valence-corrected chi connectivity index (χ2v) is 6.45. The highest BCUT2D eigenvalue weighted by molar-refractivity contribution is 6.01. The van der Waals surface area contributed by atoms with Gasteiger partial charge in [0.1, 0.15) is 11.6 Å². The molecule has 0 saturated heterocycles. The van der Waals surface area contributed by atoms with Gasteiger partial charge in [-0.05, 0) is 47.5 Å². The number of ether oxygens (including phenoxy) is 4. The lowest BCUT2D eigenvalue weighted by Crippen LogP contribution is -2.24. The van der Waals surface area contributed by atoms with Crippen LogP contribution in [-0.4, -0.2) is 39.8 Å². The molecule has 8 heteroatoms. The Balaban J connectivity index is 2.16. The first-order chi connectivity index (χ1) is 15.9. The molecule has 33 heavy (non-hydrogen) atoms. The molecule has 1 N–H and O–H groups in total. The Kier molecular flexibility index (Phi) is 9.28. The number of carbonyl (C=O) groups excluding carboxylic acids is 2. The monoisotopic (exact) mass is 448 g/mol. The molecule has 0 radical (unpaired) electrons. The zero-order valence-corrected chi connectivity index (χ0v) is 18.6. The van der Waals surface area contributed by atoms with Crippen molar-refractivity contribution >= 4 is 24.0 Å². The van der Waals surface area contributed by atoms with Crippen LogP contribution in [0.25, 0.3) is 12.2 Å². The van der Waals surface area contributed by atoms with Crippen molar-refractivity contribution in [3.8, 4) is 29.1 Å². The number of hydrogen-bond donors (Lipinski definition) is 1. The Labute approximate surface area is 192 Å². The number of nitrogens with one attached hydrogen (secondary N) is 1. The molecule has 0 aliphatic rings. The standard InChI is InChI=1S/C25H24N2O6/c1-5-12-27-25(29)19(16-26)13-18-7-10-21(23(15-18)32-4)33-24(28)11-8-17-6-9-20(30-2)22(14-17)31-3/h5-11,13-15H,1,12H2,2-4H3,(H,27,29). The van der Waals surface area contributed by atoms with Crippen molar-refractivity contribution in [2.24, 2.45) is 0 Å². The molecule has 0 aromatic heterocycles. The van der Waals surface area contributed by atoms with Crippen molar-refractivity contribution in [1.82, 2.24) is 5.32 Å². The number of methoxy groups -OCH3 is 3. The van der Waals surface area contributed by atoms with Crippen molar-refractivity contribution in [2.45, 2.75) is 0 Å². The van der Waals surface area contributed by atoms with Gasteiger partial charge in [0, 0.05) is 12.6 Å². The summed E-state index contributed by atoms with van der Waals surface area (Å²) < 4.78 is 21.1. The number of nitriles is 1. The minimum Gasteiger partial charge on any atom is -0.493 e. The van der Waals surface area contributed by atoms with Crippen molar-refractivity contribution in [3.05, 3.63) is 71.8 Å². The van der Waals surface area contributed by atoms with Gasteiger partial charge in [-0.2, -0.15) is 5.26 Å². The van der Waals surface area contributed by atoms with E-state index >= 15 is 0 Å². The van der Waals surface area contributed by atoms with E-state index in [0.717, 1.165) is 5.56 Å². The Morgan fingerprint density at radius 3 is 2.21 bits per heavy atom. The Hall–Kier alpha value is -4.51. The van der Waals surface area contributed by atoms with Gasteiger partial charge >= 0.3 is 5.97 Å². The molecule has 0 aliphatic heterocycles. The average molecular weight is 448 g/mol. The quantitative estimate of drug-likeness (QED) is 0.195. The summed E-state index contributed by atoms with van der Waals surface area (Å²) in [7, 11) is 4.48. The van der Waals surface area contributed by atoms with Gasteiger partial charge in [0.2, 0.25) is 0 Å². The van der Waals surface area contributed by atoms with Crippen molar-refractivity contribution in [2.75, 3.05) is 27.9 Å². The number of carbonyl (C=O) groups is 2. The molecule has 2 rings (SSSR count). The molecular formula is C25H24N2O6. The van der Waals surface area contributed by atoms with E-state index in [-0.39, 0.29) is 23.6 Å². The molecule has 8 nitrogen and oxygen atoms in total. The summed E-state index contributed by atoms with van der Waals surface area (Å²) in [5.74, 6) is 0.425. The Morgan fingerprint density at radius 1 is 0.970 bits per heavy atom. The topological polar surface area (TPSA) is 107 Å². The lowest BCUT2D eigenvalue weighted by Gasteiger charge is -2.09. The van der Waals surface area contributed by atoms with Crippen LogP contribution in [0.1, 0.15) is 11.1 Å². The average Bonchev–Trinajstić information content (AvgIpc) is 2.84. The van der Waals surface area contributed by atoms with Gasteiger partial charge in [-0.15, -0.1) is 6.58 Å². The Bertz CT molecular complexity index is 1130. The summed E-state index contributed by atoms with van der Waals surface area (Å²) in [6.45, 7) is 3.76. The molecular weight excluding hydrogens is 424 g/mol. The summed E-state index contributed by atoms with van der Waals surface area (Å²) in [4.78, 5) is 24.3. The summed E-state index contributed by atoms with van der Waals surface area (Å²) in [5.41, 5.74) is 1.16. The molecule has 0 heterocycles. The number of rotatable bonds is 10. The maximum absolute atomic E-state index is 12.3. The van der Waals surface area contributed by atoms with E-state index in [4.69, 9.17) is 18.9 Å². The van der Waals surface area contributed by atoms with Crippen LogP contribution in [0.4, 0.5) is 0 Å². The fraction of sp³-hybridized carbons (Fsp3) is 0.160. The van der Waals surface area contributed by atoms with E-state index in [9.17, 15) is 14.9 Å². The third kappa shape index (κ3) is 7.01. The summed E-state index contributed by atoms with van der Waals surface area (Å²) in [6, 6.07) is 11.7. The first-order valence-corrected chi connectivity index (χ1v) is 9.76. The van der Waals surface area contributed by atoms with Gasteiger partial charge in [-0.3, -0.25) is 4.79 Å². The number of esters is 1. The van der Waals surface area contributed by atoms with Gasteiger partial charge in [0.25, 0.3) is 5.91 Å². The molecule has 0 unspecified atom stereocenters. The predicted molar refractivity (Wildman–Crippen MR) is 124 cm³/mol. The molecule has 0 spiro atoms. The molecule has 0 fully saturated rings. The van der Waals surface area contributed by atoms with Crippen molar-refractivity contribution < 1.29 is 28.5 Å². The van der Waals surface area contributed by atoms with Gasteiger partial charge in [0.15, 0.2) is 23.0 Å². The third-order valence-corrected chi connectivity index (χ3v) is 4.30. The molecule has 0 aliphatic carbocycles. The third-order valence-electron chi connectivity index (χ3n) is 4.30. The predicted octanol–water partition coefficient (Wildman–Crippen LogP) is 3.54. The second-order valence-electron chi connectivity index (χ2n) is 6.45. The fourth-order valence-corrected chi connectivity index (χ4v) is 2.70. The van der Waals surface area contributed by atoms with Crippen LogP contribution in [0, 0.1) is 11.3 Å². The van der Waals surface area contributed by atoms with Crippen LogP contribution >= 0.6 is 0 Å². The summed E-state index contributed by atoms with van der Waals surface area (Å²) >= 11 is 0. The molecule has 170 valence electrons. The van der Waals surface area contributed by atoms with Crippen LogP contribution in [0.3, 0.4) is 0 Å². The van der Waals surface area contributed by atoms with Gasteiger partial charge in [-0.25, -0.2) is 4.79 Å². The largest absolute Gasteiger partial charge is 0.493 e. The van der Waals surface area contributed by atoms with E-state index in [0.29, 0.717) is 17.1 Å². The second kappa shape index (κ2) is 12.4. The molecule has 2 aromatic rings. The minimum atomic E-state index is -0.618. The molecule has 0 bridgehead atoms. The van der Waals surface area contributed by atoms with Crippen LogP contribution in [0.2, 0.25) is 0 Å². The fourth-order valence-electron chi connectivity index (χ4n) is 2.70. The normalized spacial score (nSPS) is 10.8. The maximum atomic E-state index is 12.3. The number of hydrogen-bond acceptors (Lipinski definition) is 7. The Morgan fingerprint density at radius 2 is 1.58 bits per heavy atom. The lowest BCUT2D eigenvalue weighted by atomic mass is 10.1. The molecule has 0 saturated carbocycles. The minimum absolute atomic E-state index is 0.0819. The van der Waals surface area contributed by atoms with E-state index in [1.54, 1.807) is 36.4 Å². The molecule has 0 atom stereocenters. The van der Waals surface area contributed by atoms with Gasteiger partial charge in [-0.1, -0.05) is 18.2 Å². The highest BCUT2D eigenvalue weighted by Gasteiger charge is 2.12. The number of benzene rings is 2. The van der Waals surface area contributed by atoms with Gasteiger partial charge in [0.05, 0.1) is 21.3 Å². The smallest absolute Gasteiger partial charge is 0.336 e. The highest BCUT2D eigenvalue weighted by Crippen LogP contribution is 2.30. The zero-order chi connectivity index (χ0) is 24.2. The molecule has 2 aromatic carbocycles. The lowest BCUT2D eigenvalue weighted by molar-refractivity contribution is -0.129. The zero-order valence-electron chi connectivity index (χ0n) is 18.6. The maximum Gasteiger partial charge on any atom is 0.336 e. The highest BCUT2D eigenvalue weighted by atomic mass is 16.6. The van der Waals surface area contributed by atoms with Crippen LogP contribution in [0.5, 0.6) is 23.0 Å². The first kappa shape index (κ1) is 24.8. The summed E-state index contributed by atoms with van der Waals surface area (Å²) in [5, 5.41) is 11.8. The SMILES string of the molecule is C=CCNC(=O)C(C#N)=Cc1ccc(OC(=O)C=Cc2ccc(OC)c(OC)c2)c(OC)c1. The van der Waals surface area contributed by atoms with E-state index in [1.807, 2.05) is 6.07 Å². The van der Waals surface area contributed by atoms with E-state index in [2.05, 4.69) is 11.9 Å². The molecule has 1 amide bonds.